The molecule has 0 saturated carbocycles. The van der Waals surface area contributed by atoms with Crippen LogP contribution in [0.4, 0.5) is 0 Å². The van der Waals surface area contributed by atoms with Crippen LogP contribution in [0.2, 0.25) is 0 Å². The number of nitrogens with zero attached hydrogens (tertiary/aromatic N) is 1. The maximum atomic E-state index is 6.46. The zero-order valence-corrected chi connectivity index (χ0v) is 5.48. The summed E-state index contributed by atoms with van der Waals surface area (Å²) in [5.41, 5.74) is 0. The van der Waals surface area contributed by atoms with Crippen molar-refractivity contribution >= 4 is 0 Å². The lowest BCUT2D eigenvalue weighted by molar-refractivity contribution is 0.693. The molecule has 0 aromatic carbocycles. The third kappa shape index (κ3) is 5.49. The Labute approximate surface area is 51.5 Å². The van der Waals surface area contributed by atoms with Crippen LogP contribution in [0.3, 0.4) is 0 Å². The first-order valence-corrected chi connectivity index (χ1v) is 3.25. The monoisotopic (exact) mass is 111 g/mol. The first-order valence-electron chi connectivity index (χ1n) is 3.25. The molecule has 1 heteroatoms. The number of unbranched alkanes of at least 4 members (excludes halogenated alkanes) is 3. The Bertz CT molecular complexity index is 70.9. The molecular weight excluding hydrogens is 98.1 g/mol. The fourth-order valence-electron chi connectivity index (χ4n) is 0.618. The van der Waals surface area contributed by atoms with Crippen molar-refractivity contribution in [3.63, 3.8) is 0 Å². The van der Waals surface area contributed by atoms with E-state index in [2.05, 4.69) is 11.8 Å². The first-order chi connectivity index (χ1) is 3.91. The summed E-state index contributed by atoms with van der Waals surface area (Å²) in [7, 11) is 0. The van der Waals surface area contributed by atoms with Gasteiger partial charge < -0.3 is 4.85 Å². The highest BCUT2D eigenvalue weighted by Crippen LogP contribution is 1.97. The molecule has 0 spiro atoms. The van der Waals surface area contributed by atoms with Crippen molar-refractivity contribution in [3.05, 3.63) is 11.4 Å². The molecule has 0 unspecified atom stereocenters. The summed E-state index contributed by atoms with van der Waals surface area (Å²) in [4.78, 5) is 3.26. The van der Waals surface area contributed by atoms with Gasteiger partial charge in [-0.3, -0.25) is 0 Å². The molecule has 0 saturated heterocycles. The Kier molecular flexibility index (Phi) is 6.08. The van der Waals surface area contributed by atoms with E-state index in [1.54, 1.807) is 0 Å². The number of hydrogen-bond donors (Lipinski definition) is 0. The Hall–Kier alpha value is -0.510. The van der Waals surface area contributed by atoms with E-state index in [0.717, 1.165) is 13.0 Å². The Morgan fingerprint density at radius 3 is 2.50 bits per heavy atom. The quantitative estimate of drug-likeness (QED) is 0.388. The van der Waals surface area contributed by atoms with Gasteiger partial charge in [0.2, 0.25) is 6.54 Å². The molecule has 0 aliphatic carbocycles. The predicted molar refractivity (Wildman–Crippen MR) is 35.6 cm³/mol. The fraction of sp³-hybridized carbons (Fsp3) is 0.857. The van der Waals surface area contributed by atoms with Crippen LogP contribution in [0.5, 0.6) is 0 Å². The molecule has 1 nitrogen and oxygen atoms in total. The molecule has 0 aromatic heterocycles. The molecule has 0 atom stereocenters. The standard InChI is InChI=1S/C7H13N/c1-3-4-5-6-7-8-2/h3-7H2,1H3. The van der Waals surface area contributed by atoms with Gasteiger partial charge in [-0.2, -0.15) is 0 Å². The molecule has 0 heterocycles. The van der Waals surface area contributed by atoms with E-state index in [1.165, 1.54) is 19.3 Å². The normalized spacial score (nSPS) is 8.50. The molecule has 0 radical (unpaired) electrons. The lowest BCUT2D eigenvalue weighted by Gasteiger charge is -1.88. The van der Waals surface area contributed by atoms with Crippen LogP contribution in [0.25, 0.3) is 4.85 Å². The minimum absolute atomic E-state index is 0.722. The summed E-state index contributed by atoms with van der Waals surface area (Å²) < 4.78 is 0. The fourth-order valence-corrected chi connectivity index (χ4v) is 0.618. The van der Waals surface area contributed by atoms with Gasteiger partial charge in [-0.1, -0.05) is 19.8 Å². The van der Waals surface area contributed by atoms with Gasteiger partial charge in [0, 0.05) is 6.42 Å². The van der Waals surface area contributed by atoms with Gasteiger partial charge in [0.05, 0.1) is 0 Å². The first kappa shape index (κ1) is 7.49. The van der Waals surface area contributed by atoms with Crippen molar-refractivity contribution in [2.75, 3.05) is 6.54 Å². The Morgan fingerprint density at radius 1 is 1.25 bits per heavy atom. The van der Waals surface area contributed by atoms with Crippen molar-refractivity contribution in [1.29, 1.82) is 0 Å². The summed E-state index contributed by atoms with van der Waals surface area (Å²) in [6, 6.07) is 0. The number of rotatable bonds is 4. The SMILES string of the molecule is [C-]#[N+]CCCCCC. The summed E-state index contributed by atoms with van der Waals surface area (Å²) in [6.07, 6.45) is 4.88. The molecule has 0 fully saturated rings. The van der Waals surface area contributed by atoms with E-state index in [-0.39, 0.29) is 0 Å². The van der Waals surface area contributed by atoms with Crippen LogP contribution in [-0.2, 0) is 0 Å². The predicted octanol–water partition coefficient (Wildman–Crippen LogP) is 2.49. The molecule has 0 aliphatic rings. The second-order valence-corrected chi connectivity index (χ2v) is 1.94. The lowest BCUT2D eigenvalue weighted by Crippen LogP contribution is -1.76. The highest BCUT2D eigenvalue weighted by Gasteiger charge is 1.85. The van der Waals surface area contributed by atoms with E-state index in [9.17, 15) is 0 Å². The summed E-state index contributed by atoms with van der Waals surface area (Å²) >= 11 is 0. The summed E-state index contributed by atoms with van der Waals surface area (Å²) in [5, 5.41) is 0. The van der Waals surface area contributed by atoms with Gasteiger partial charge in [-0.05, 0) is 6.42 Å². The van der Waals surface area contributed by atoms with E-state index >= 15 is 0 Å². The second-order valence-electron chi connectivity index (χ2n) is 1.94. The van der Waals surface area contributed by atoms with Crippen LogP contribution < -0.4 is 0 Å². The van der Waals surface area contributed by atoms with Crippen LogP contribution in [0, 0.1) is 6.57 Å². The van der Waals surface area contributed by atoms with Gasteiger partial charge in [0.1, 0.15) is 0 Å². The Morgan fingerprint density at radius 2 is 2.00 bits per heavy atom. The van der Waals surface area contributed by atoms with Gasteiger partial charge in [-0.15, -0.1) is 0 Å². The maximum Gasteiger partial charge on any atom is 0.214 e. The smallest absolute Gasteiger partial charge is 0.214 e. The van der Waals surface area contributed by atoms with Crippen LogP contribution in [-0.4, -0.2) is 6.54 Å². The minimum atomic E-state index is 0.722. The molecule has 0 N–H and O–H groups in total. The maximum absolute atomic E-state index is 6.46. The molecule has 46 valence electrons. The van der Waals surface area contributed by atoms with Gasteiger partial charge in [-0.25, -0.2) is 6.57 Å². The summed E-state index contributed by atoms with van der Waals surface area (Å²) in [5.74, 6) is 0. The van der Waals surface area contributed by atoms with Gasteiger partial charge in [0.25, 0.3) is 0 Å². The molecule has 0 bridgehead atoms. The third-order valence-corrected chi connectivity index (χ3v) is 1.12. The molecular formula is C7H13N. The molecule has 0 rings (SSSR count). The zero-order chi connectivity index (χ0) is 6.24. The Balaban J connectivity index is 2.65. The topological polar surface area (TPSA) is 4.36 Å². The third-order valence-electron chi connectivity index (χ3n) is 1.12. The average Bonchev–Trinajstić information content (AvgIpc) is 1.81. The van der Waals surface area contributed by atoms with Crippen molar-refractivity contribution < 1.29 is 0 Å². The largest absolute Gasteiger partial charge is 0.317 e. The minimum Gasteiger partial charge on any atom is -0.317 e. The van der Waals surface area contributed by atoms with Crippen molar-refractivity contribution in [1.82, 2.24) is 0 Å². The van der Waals surface area contributed by atoms with Crippen molar-refractivity contribution in [2.45, 2.75) is 32.6 Å². The lowest BCUT2D eigenvalue weighted by atomic mass is 10.2. The molecule has 8 heavy (non-hydrogen) atoms. The van der Waals surface area contributed by atoms with E-state index in [1.807, 2.05) is 0 Å². The average molecular weight is 111 g/mol. The molecule has 0 aliphatic heterocycles. The van der Waals surface area contributed by atoms with Crippen LogP contribution >= 0.6 is 0 Å². The molecule has 0 aromatic rings. The highest BCUT2D eigenvalue weighted by molar-refractivity contribution is 4.57. The van der Waals surface area contributed by atoms with E-state index < -0.39 is 0 Å². The van der Waals surface area contributed by atoms with E-state index in [4.69, 9.17) is 6.57 Å². The summed E-state index contributed by atoms with van der Waals surface area (Å²) in [6.45, 7) is 9.36. The zero-order valence-electron chi connectivity index (χ0n) is 5.48. The highest BCUT2D eigenvalue weighted by atomic mass is 14.6. The van der Waals surface area contributed by atoms with Crippen molar-refractivity contribution in [2.24, 2.45) is 0 Å². The van der Waals surface area contributed by atoms with Crippen LogP contribution in [0.1, 0.15) is 32.6 Å². The van der Waals surface area contributed by atoms with Crippen LogP contribution in [0.15, 0.2) is 0 Å². The van der Waals surface area contributed by atoms with Gasteiger partial charge in [0.15, 0.2) is 0 Å². The number of hydrogen-bond acceptors (Lipinski definition) is 0. The van der Waals surface area contributed by atoms with E-state index in [0.29, 0.717) is 0 Å². The van der Waals surface area contributed by atoms with Gasteiger partial charge >= 0.3 is 0 Å². The molecule has 0 amide bonds. The second kappa shape index (κ2) is 6.49. The van der Waals surface area contributed by atoms with Crippen molar-refractivity contribution in [3.8, 4) is 0 Å².